The number of amides is 1. The van der Waals surface area contributed by atoms with E-state index in [0.717, 1.165) is 0 Å². The van der Waals surface area contributed by atoms with Crippen molar-refractivity contribution < 1.29 is 17.9 Å². The molecule has 8 nitrogen and oxygen atoms in total. The summed E-state index contributed by atoms with van der Waals surface area (Å²) in [6.45, 7) is 2.49. The number of hydrogen-bond donors (Lipinski definition) is 3. The topological polar surface area (TPSA) is 123 Å². The molecule has 1 rings (SSSR count). The van der Waals surface area contributed by atoms with E-state index in [1.54, 1.807) is 6.07 Å². The summed E-state index contributed by atoms with van der Waals surface area (Å²) in [6.07, 6.45) is 1.27. The van der Waals surface area contributed by atoms with E-state index in [2.05, 4.69) is 15.0 Å². The van der Waals surface area contributed by atoms with Gasteiger partial charge in [-0.15, -0.1) is 0 Å². The molecule has 0 aliphatic heterocycles. The smallest absolute Gasteiger partial charge is 0.243 e. The van der Waals surface area contributed by atoms with Gasteiger partial charge in [0.1, 0.15) is 17.3 Å². The highest BCUT2D eigenvalue weighted by atomic mass is 32.2. The van der Waals surface area contributed by atoms with Crippen LogP contribution < -0.4 is 15.8 Å². The third-order valence-corrected chi connectivity index (χ3v) is 3.63. The molecule has 0 bridgehead atoms. The summed E-state index contributed by atoms with van der Waals surface area (Å²) in [6, 6.07) is 3.04. The van der Waals surface area contributed by atoms with Crippen LogP contribution in [0.5, 0.6) is 0 Å². The Labute approximate surface area is 117 Å². The van der Waals surface area contributed by atoms with Gasteiger partial charge in [0.2, 0.25) is 15.9 Å². The Morgan fingerprint density at radius 2 is 2.20 bits per heavy atom. The molecule has 0 fully saturated rings. The standard InChI is InChI=1S/C11H18N4O4S/c1-2-13-11-4-3-9(7-14-11)20(17,18)15-5-6-19-8-10(12)16/h3-4,7,15H,2,5-6,8H2,1H3,(H2,12,16)(H,13,14). The second-order valence-corrected chi connectivity index (χ2v) is 5.59. The Balaban J connectivity index is 2.49. The molecule has 0 saturated heterocycles. The Morgan fingerprint density at radius 1 is 1.45 bits per heavy atom. The number of pyridine rings is 1. The maximum absolute atomic E-state index is 11.9. The number of carbonyl (C=O) groups is 1. The zero-order chi connectivity index (χ0) is 15.0. The van der Waals surface area contributed by atoms with Crippen LogP contribution in [0.4, 0.5) is 5.82 Å². The van der Waals surface area contributed by atoms with Crippen molar-refractivity contribution in [3.05, 3.63) is 18.3 Å². The summed E-state index contributed by atoms with van der Waals surface area (Å²) in [5.41, 5.74) is 4.87. The van der Waals surface area contributed by atoms with Gasteiger partial charge in [-0.05, 0) is 19.1 Å². The fourth-order valence-corrected chi connectivity index (χ4v) is 2.29. The lowest BCUT2D eigenvalue weighted by Gasteiger charge is -2.07. The van der Waals surface area contributed by atoms with Gasteiger partial charge in [-0.3, -0.25) is 4.79 Å². The predicted molar refractivity (Wildman–Crippen MR) is 73.6 cm³/mol. The van der Waals surface area contributed by atoms with Crippen LogP contribution in [0.1, 0.15) is 6.92 Å². The molecular weight excluding hydrogens is 284 g/mol. The lowest BCUT2D eigenvalue weighted by atomic mass is 10.4. The van der Waals surface area contributed by atoms with Gasteiger partial charge >= 0.3 is 0 Å². The van der Waals surface area contributed by atoms with Crippen molar-refractivity contribution in [3.8, 4) is 0 Å². The SMILES string of the molecule is CCNc1ccc(S(=O)(=O)NCCOCC(N)=O)cn1. The van der Waals surface area contributed by atoms with Crippen LogP contribution in [0.25, 0.3) is 0 Å². The summed E-state index contributed by atoms with van der Waals surface area (Å²) in [4.78, 5) is 14.5. The van der Waals surface area contributed by atoms with Crippen LogP contribution in [0.2, 0.25) is 0 Å². The first-order chi connectivity index (χ1) is 9.45. The molecular formula is C11H18N4O4S. The van der Waals surface area contributed by atoms with Crippen LogP contribution in [0.3, 0.4) is 0 Å². The lowest BCUT2D eigenvalue weighted by Crippen LogP contribution is -2.29. The summed E-state index contributed by atoms with van der Waals surface area (Å²) < 4.78 is 30.9. The van der Waals surface area contributed by atoms with Crippen molar-refractivity contribution in [3.63, 3.8) is 0 Å². The van der Waals surface area contributed by atoms with Crippen molar-refractivity contribution in [2.45, 2.75) is 11.8 Å². The maximum Gasteiger partial charge on any atom is 0.243 e. The number of primary amides is 1. The molecule has 0 saturated carbocycles. The second-order valence-electron chi connectivity index (χ2n) is 3.83. The van der Waals surface area contributed by atoms with E-state index in [4.69, 9.17) is 10.5 Å². The normalized spacial score (nSPS) is 11.2. The van der Waals surface area contributed by atoms with Gasteiger partial charge in [-0.25, -0.2) is 18.1 Å². The van der Waals surface area contributed by atoms with Crippen LogP contribution >= 0.6 is 0 Å². The number of hydrogen-bond acceptors (Lipinski definition) is 6. The number of nitrogens with two attached hydrogens (primary N) is 1. The lowest BCUT2D eigenvalue weighted by molar-refractivity contribution is -0.122. The highest BCUT2D eigenvalue weighted by Crippen LogP contribution is 2.10. The molecule has 0 radical (unpaired) electrons. The summed E-state index contributed by atoms with van der Waals surface area (Å²) >= 11 is 0. The first-order valence-corrected chi connectivity index (χ1v) is 7.49. The number of nitrogens with zero attached hydrogens (tertiary/aromatic N) is 1. The van der Waals surface area contributed by atoms with Gasteiger partial charge in [0.15, 0.2) is 0 Å². The highest BCUT2D eigenvalue weighted by molar-refractivity contribution is 7.89. The van der Waals surface area contributed by atoms with Gasteiger partial charge in [0, 0.05) is 19.3 Å². The number of rotatable bonds is 9. The van der Waals surface area contributed by atoms with E-state index in [0.29, 0.717) is 12.4 Å². The molecule has 112 valence electrons. The van der Waals surface area contributed by atoms with E-state index in [9.17, 15) is 13.2 Å². The molecule has 0 aliphatic rings. The number of anilines is 1. The van der Waals surface area contributed by atoms with E-state index >= 15 is 0 Å². The molecule has 9 heteroatoms. The molecule has 0 unspecified atom stereocenters. The van der Waals surface area contributed by atoms with E-state index in [1.807, 2.05) is 6.92 Å². The summed E-state index contributed by atoms with van der Waals surface area (Å²) in [5.74, 6) is 0.00677. The number of nitrogens with one attached hydrogen (secondary N) is 2. The molecule has 1 amide bonds. The summed E-state index contributed by atoms with van der Waals surface area (Å²) in [7, 11) is -3.63. The first-order valence-electron chi connectivity index (χ1n) is 6.01. The van der Waals surface area contributed by atoms with Crippen LogP contribution in [-0.4, -0.2) is 45.6 Å². The van der Waals surface area contributed by atoms with Crippen LogP contribution in [0, 0.1) is 0 Å². The van der Waals surface area contributed by atoms with Crippen LogP contribution in [0.15, 0.2) is 23.2 Å². The Hall–Kier alpha value is -1.71. The molecule has 0 spiro atoms. The van der Waals surface area contributed by atoms with Gasteiger partial charge in [-0.1, -0.05) is 0 Å². The molecule has 0 aliphatic carbocycles. The molecule has 20 heavy (non-hydrogen) atoms. The molecule has 0 aromatic carbocycles. The number of sulfonamides is 1. The molecule has 0 atom stereocenters. The average Bonchev–Trinajstić information content (AvgIpc) is 2.39. The maximum atomic E-state index is 11.9. The largest absolute Gasteiger partial charge is 0.370 e. The second kappa shape index (κ2) is 7.78. The zero-order valence-corrected chi connectivity index (χ0v) is 11.9. The van der Waals surface area contributed by atoms with Gasteiger partial charge in [0.25, 0.3) is 0 Å². The Bertz CT molecular complexity index is 530. The fourth-order valence-electron chi connectivity index (χ4n) is 1.33. The third kappa shape index (κ3) is 5.51. The zero-order valence-electron chi connectivity index (χ0n) is 11.1. The van der Waals surface area contributed by atoms with Crippen molar-refractivity contribution in [1.82, 2.24) is 9.71 Å². The number of carbonyl (C=O) groups excluding carboxylic acids is 1. The quantitative estimate of drug-likeness (QED) is 0.518. The van der Waals surface area contributed by atoms with Gasteiger partial charge < -0.3 is 15.8 Å². The van der Waals surface area contributed by atoms with Crippen LogP contribution in [-0.2, 0) is 19.6 Å². The minimum absolute atomic E-state index is 0.0462. The molecule has 1 aromatic heterocycles. The molecule has 4 N–H and O–H groups in total. The Morgan fingerprint density at radius 3 is 2.75 bits per heavy atom. The van der Waals surface area contributed by atoms with Crippen molar-refractivity contribution in [2.75, 3.05) is 31.6 Å². The van der Waals surface area contributed by atoms with E-state index in [1.165, 1.54) is 12.3 Å². The average molecular weight is 302 g/mol. The minimum Gasteiger partial charge on any atom is -0.370 e. The fraction of sp³-hybridized carbons (Fsp3) is 0.455. The Kier molecular flexibility index (Phi) is 6.36. The van der Waals surface area contributed by atoms with Crippen molar-refractivity contribution in [2.24, 2.45) is 5.73 Å². The molecule has 1 heterocycles. The monoisotopic (exact) mass is 302 g/mol. The van der Waals surface area contributed by atoms with E-state index < -0.39 is 15.9 Å². The number of aromatic nitrogens is 1. The predicted octanol–water partition coefficient (Wildman–Crippen LogP) is -0.706. The third-order valence-electron chi connectivity index (χ3n) is 2.19. The first kappa shape index (κ1) is 16.3. The highest BCUT2D eigenvalue weighted by Gasteiger charge is 2.13. The minimum atomic E-state index is -3.63. The van der Waals surface area contributed by atoms with Gasteiger partial charge in [0.05, 0.1) is 6.61 Å². The summed E-state index contributed by atoms with van der Waals surface area (Å²) in [5, 5.41) is 2.97. The van der Waals surface area contributed by atoms with E-state index in [-0.39, 0.29) is 24.7 Å². The number of ether oxygens (including phenoxy) is 1. The van der Waals surface area contributed by atoms with Crippen molar-refractivity contribution in [1.29, 1.82) is 0 Å². The van der Waals surface area contributed by atoms with Crippen molar-refractivity contribution >= 4 is 21.7 Å². The van der Waals surface area contributed by atoms with Gasteiger partial charge in [-0.2, -0.15) is 0 Å². The molecule has 1 aromatic rings.